The van der Waals surface area contributed by atoms with Gasteiger partial charge in [-0.2, -0.15) is 0 Å². The van der Waals surface area contributed by atoms with Gasteiger partial charge in [0.15, 0.2) is 0 Å². The number of non-ortho nitro benzene ring substituents is 1. The number of nitrogens with zero attached hydrogens (tertiary/aromatic N) is 3. The van der Waals surface area contributed by atoms with Crippen LogP contribution in [0.5, 0.6) is 0 Å². The number of fused-ring (bicyclic) bond motifs is 3. The number of carbonyl (C=O) groups is 1. The van der Waals surface area contributed by atoms with Crippen LogP contribution in [-0.4, -0.2) is 27.4 Å². The minimum absolute atomic E-state index is 0.0533. The quantitative estimate of drug-likeness (QED) is 0.557. The fourth-order valence-corrected chi connectivity index (χ4v) is 4.17. The van der Waals surface area contributed by atoms with Crippen LogP contribution < -0.4 is 5.32 Å². The van der Waals surface area contributed by atoms with Crippen LogP contribution in [-0.2, 0) is 6.54 Å². The van der Waals surface area contributed by atoms with Gasteiger partial charge in [-0.15, -0.1) is 0 Å². The standard InChI is InChI=1S/C20H22N4O3/c1-21-20(25)17-10-16-15-9-14(24(26)27)7-8-18(15)23(19(16)11-22-17)12-13-5-3-2-4-6-13/h7-11,13H,2-6,12H2,1H3,(H,21,25). The molecule has 0 unspecified atom stereocenters. The van der Waals surface area contributed by atoms with Crippen molar-refractivity contribution < 1.29 is 9.72 Å². The number of aromatic nitrogens is 2. The third-order valence-electron chi connectivity index (χ3n) is 5.57. The predicted molar refractivity (Wildman–Crippen MR) is 104 cm³/mol. The second-order valence-corrected chi connectivity index (χ2v) is 7.24. The molecule has 0 saturated heterocycles. The van der Waals surface area contributed by atoms with E-state index in [1.54, 1.807) is 31.4 Å². The molecule has 1 N–H and O–H groups in total. The van der Waals surface area contributed by atoms with Gasteiger partial charge in [0, 0.05) is 42.0 Å². The van der Waals surface area contributed by atoms with Crippen LogP contribution in [0.25, 0.3) is 21.8 Å². The first kappa shape index (κ1) is 17.5. The number of hydrogen-bond acceptors (Lipinski definition) is 4. The molecule has 7 nitrogen and oxygen atoms in total. The predicted octanol–water partition coefficient (Wildman–Crippen LogP) is 4.04. The highest BCUT2D eigenvalue weighted by Gasteiger charge is 2.20. The molecule has 2 aromatic heterocycles. The molecule has 1 aromatic carbocycles. The molecule has 2 heterocycles. The van der Waals surface area contributed by atoms with Gasteiger partial charge in [0.25, 0.3) is 11.6 Å². The average Bonchev–Trinajstić information content (AvgIpc) is 3.00. The number of pyridine rings is 1. The van der Waals surface area contributed by atoms with E-state index in [1.165, 1.54) is 32.1 Å². The molecule has 4 rings (SSSR count). The summed E-state index contributed by atoms with van der Waals surface area (Å²) >= 11 is 0. The van der Waals surface area contributed by atoms with Gasteiger partial charge < -0.3 is 9.88 Å². The summed E-state index contributed by atoms with van der Waals surface area (Å²) < 4.78 is 2.21. The van der Waals surface area contributed by atoms with Crippen LogP contribution in [0, 0.1) is 16.0 Å². The van der Waals surface area contributed by atoms with E-state index in [-0.39, 0.29) is 16.5 Å². The molecule has 0 aliphatic heterocycles. The highest BCUT2D eigenvalue weighted by Crippen LogP contribution is 2.34. The summed E-state index contributed by atoms with van der Waals surface area (Å²) in [6, 6.07) is 6.70. The summed E-state index contributed by atoms with van der Waals surface area (Å²) in [4.78, 5) is 27.2. The van der Waals surface area contributed by atoms with Gasteiger partial charge in [0.2, 0.25) is 0 Å². The van der Waals surface area contributed by atoms with Gasteiger partial charge in [-0.3, -0.25) is 14.9 Å². The summed E-state index contributed by atoms with van der Waals surface area (Å²) in [5.74, 6) is 0.335. The molecule has 0 bridgehead atoms. The molecule has 1 saturated carbocycles. The van der Waals surface area contributed by atoms with E-state index in [2.05, 4.69) is 14.9 Å². The van der Waals surface area contributed by atoms with Crippen molar-refractivity contribution in [1.82, 2.24) is 14.9 Å². The van der Waals surface area contributed by atoms with Crippen molar-refractivity contribution in [3.05, 3.63) is 46.3 Å². The van der Waals surface area contributed by atoms with Crippen LogP contribution in [0.1, 0.15) is 42.6 Å². The van der Waals surface area contributed by atoms with E-state index in [9.17, 15) is 14.9 Å². The Kier molecular flexibility index (Phi) is 4.51. The zero-order valence-electron chi connectivity index (χ0n) is 15.3. The first-order valence-corrected chi connectivity index (χ1v) is 9.37. The van der Waals surface area contributed by atoms with E-state index >= 15 is 0 Å². The van der Waals surface area contributed by atoms with E-state index in [0.717, 1.165) is 28.4 Å². The van der Waals surface area contributed by atoms with Crippen LogP contribution in [0.3, 0.4) is 0 Å². The molecule has 1 fully saturated rings. The first-order chi connectivity index (χ1) is 13.1. The Labute approximate surface area is 156 Å². The lowest BCUT2D eigenvalue weighted by Crippen LogP contribution is -2.19. The van der Waals surface area contributed by atoms with Gasteiger partial charge in [0.1, 0.15) is 5.69 Å². The van der Waals surface area contributed by atoms with Crippen molar-refractivity contribution in [2.45, 2.75) is 38.6 Å². The summed E-state index contributed by atoms with van der Waals surface area (Å²) in [6.45, 7) is 0.874. The Hall–Kier alpha value is -2.96. The maximum Gasteiger partial charge on any atom is 0.270 e. The Morgan fingerprint density at radius 2 is 1.96 bits per heavy atom. The fourth-order valence-electron chi connectivity index (χ4n) is 4.17. The highest BCUT2D eigenvalue weighted by molar-refractivity contribution is 6.10. The number of nitro groups is 1. The average molecular weight is 366 g/mol. The molecule has 7 heteroatoms. The Balaban J connectivity index is 1.91. The SMILES string of the molecule is CNC(=O)c1cc2c3cc([N+](=O)[O-])ccc3n(CC3CCCCC3)c2cn1. The molecule has 0 spiro atoms. The number of hydrogen-bond donors (Lipinski definition) is 1. The number of amides is 1. The Morgan fingerprint density at radius 3 is 2.67 bits per heavy atom. The fraction of sp³-hybridized carbons (Fsp3) is 0.400. The van der Waals surface area contributed by atoms with Crippen molar-refractivity contribution >= 4 is 33.4 Å². The zero-order chi connectivity index (χ0) is 19.0. The monoisotopic (exact) mass is 366 g/mol. The lowest BCUT2D eigenvalue weighted by Gasteiger charge is -2.23. The summed E-state index contributed by atoms with van der Waals surface area (Å²) in [5, 5.41) is 15.5. The van der Waals surface area contributed by atoms with Gasteiger partial charge in [-0.25, -0.2) is 4.98 Å². The van der Waals surface area contributed by atoms with Crippen LogP contribution in [0.15, 0.2) is 30.5 Å². The number of benzene rings is 1. The molecule has 140 valence electrons. The van der Waals surface area contributed by atoms with E-state index < -0.39 is 0 Å². The van der Waals surface area contributed by atoms with Crippen molar-refractivity contribution in [3.8, 4) is 0 Å². The largest absolute Gasteiger partial charge is 0.354 e. The third-order valence-corrected chi connectivity index (χ3v) is 5.57. The highest BCUT2D eigenvalue weighted by atomic mass is 16.6. The van der Waals surface area contributed by atoms with Gasteiger partial charge >= 0.3 is 0 Å². The van der Waals surface area contributed by atoms with Gasteiger partial charge in [-0.1, -0.05) is 19.3 Å². The van der Waals surface area contributed by atoms with E-state index in [1.807, 2.05) is 6.07 Å². The molecule has 1 amide bonds. The smallest absolute Gasteiger partial charge is 0.270 e. The number of rotatable bonds is 4. The zero-order valence-corrected chi connectivity index (χ0v) is 15.3. The van der Waals surface area contributed by atoms with E-state index in [0.29, 0.717) is 11.6 Å². The first-order valence-electron chi connectivity index (χ1n) is 9.37. The Bertz CT molecular complexity index is 1030. The van der Waals surface area contributed by atoms with Crippen LogP contribution in [0.4, 0.5) is 5.69 Å². The van der Waals surface area contributed by atoms with Crippen molar-refractivity contribution in [2.24, 2.45) is 5.92 Å². The molecule has 1 aliphatic rings. The third kappa shape index (κ3) is 3.13. The molecule has 0 radical (unpaired) electrons. The van der Waals surface area contributed by atoms with Crippen LogP contribution in [0.2, 0.25) is 0 Å². The lowest BCUT2D eigenvalue weighted by molar-refractivity contribution is -0.384. The number of nitro benzene ring substituents is 1. The molecular formula is C20H22N4O3. The van der Waals surface area contributed by atoms with E-state index in [4.69, 9.17) is 0 Å². The minimum Gasteiger partial charge on any atom is -0.354 e. The normalized spacial score (nSPS) is 15.3. The number of nitrogens with one attached hydrogen (secondary N) is 1. The van der Waals surface area contributed by atoms with Gasteiger partial charge in [-0.05, 0) is 30.9 Å². The van der Waals surface area contributed by atoms with Crippen molar-refractivity contribution in [2.75, 3.05) is 7.05 Å². The second-order valence-electron chi connectivity index (χ2n) is 7.24. The molecule has 3 aromatic rings. The molecule has 1 aliphatic carbocycles. The maximum absolute atomic E-state index is 12.0. The summed E-state index contributed by atoms with van der Waals surface area (Å²) in [7, 11) is 1.56. The van der Waals surface area contributed by atoms with Crippen molar-refractivity contribution in [3.63, 3.8) is 0 Å². The molecular weight excluding hydrogens is 344 g/mol. The Morgan fingerprint density at radius 1 is 1.22 bits per heavy atom. The lowest BCUT2D eigenvalue weighted by atomic mass is 9.89. The number of carbonyl (C=O) groups excluding carboxylic acids is 1. The maximum atomic E-state index is 12.0. The topological polar surface area (TPSA) is 90.1 Å². The van der Waals surface area contributed by atoms with Crippen molar-refractivity contribution in [1.29, 1.82) is 0 Å². The molecule has 0 atom stereocenters. The minimum atomic E-state index is -0.384. The second kappa shape index (κ2) is 6.98. The summed E-state index contributed by atoms with van der Waals surface area (Å²) in [6.07, 6.45) is 7.94. The summed E-state index contributed by atoms with van der Waals surface area (Å²) in [5.41, 5.74) is 2.24. The molecule has 27 heavy (non-hydrogen) atoms. The van der Waals surface area contributed by atoms with Gasteiger partial charge in [0.05, 0.1) is 16.6 Å². The van der Waals surface area contributed by atoms with Crippen LogP contribution >= 0.6 is 0 Å².